The number of methoxy groups -OCH3 is 1. The fraction of sp³-hybridized carbons (Fsp3) is 0.375. The Labute approximate surface area is 134 Å². The summed E-state index contributed by atoms with van der Waals surface area (Å²) in [6.07, 6.45) is 0. The van der Waals surface area contributed by atoms with Crippen molar-refractivity contribution < 1.29 is 14.3 Å². The third kappa shape index (κ3) is 4.05. The van der Waals surface area contributed by atoms with Crippen molar-refractivity contribution in [1.82, 2.24) is 10.3 Å². The van der Waals surface area contributed by atoms with Gasteiger partial charge in [0.15, 0.2) is 0 Å². The fourth-order valence-electron chi connectivity index (χ4n) is 2.09. The zero-order chi connectivity index (χ0) is 15.9. The van der Waals surface area contributed by atoms with Gasteiger partial charge in [-0.25, -0.2) is 4.98 Å². The molecule has 1 aromatic carbocycles. The minimum Gasteiger partial charge on any atom is -0.494 e. The van der Waals surface area contributed by atoms with Gasteiger partial charge in [0, 0.05) is 7.11 Å². The first-order valence-corrected chi connectivity index (χ1v) is 7.96. The number of rotatable bonds is 7. The van der Waals surface area contributed by atoms with Crippen molar-refractivity contribution in [3.8, 4) is 5.75 Å². The monoisotopic (exact) mass is 320 g/mol. The molecule has 118 valence electrons. The number of carbonyl (C=O) groups excluding carboxylic acids is 1. The third-order valence-corrected chi connectivity index (χ3v) is 4.11. The summed E-state index contributed by atoms with van der Waals surface area (Å²) in [5, 5.41) is 2.99. The lowest BCUT2D eigenvalue weighted by atomic mass is 10.1. The Bertz CT molecular complexity index is 610. The molecule has 2 rings (SSSR count). The van der Waals surface area contributed by atoms with Gasteiger partial charge in [-0.1, -0.05) is 12.1 Å². The molecule has 0 radical (unpaired) electrons. The molecule has 1 heterocycles. The number of nitrogens with zero attached hydrogens (tertiary/aromatic N) is 1. The molecule has 0 unspecified atom stereocenters. The second kappa shape index (κ2) is 7.91. The smallest absolute Gasteiger partial charge is 0.263 e. The van der Waals surface area contributed by atoms with Crippen LogP contribution in [-0.4, -0.2) is 31.2 Å². The van der Waals surface area contributed by atoms with Crippen LogP contribution in [0.1, 0.15) is 33.9 Å². The largest absolute Gasteiger partial charge is 0.494 e. The van der Waals surface area contributed by atoms with E-state index in [2.05, 4.69) is 10.3 Å². The second-order valence-corrected chi connectivity index (χ2v) is 5.61. The van der Waals surface area contributed by atoms with E-state index >= 15 is 0 Å². The number of hydrogen-bond donors (Lipinski definition) is 1. The Morgan fingerprint density at radius 3 is 2.64 bits per heavy atom. The van der Waals surface area contributed by atoms with Gasteiger partial charge in [-0.2, -0.15) is 0 Å². The highest BCUT2D eigenvalue weighted by atomic mass is 32.1. The lowest BCUT2D eigenvalue weighted by Crippen LogP contribution is -2.31. The minimum absolute atomic E-state index is 0.129. The van der Waals surface area contributed by atoms with Crippen LogP contribution in [0.4, 0.5) is 0 Å². The van der Waals surface area contributed by atoms with Crippen LogP contribution >= 0.6 is 11.3 Å². The maximum atomic E-state index is 12.3. The molecule has 22 heavy (non-hydrogen) atoms. The lowest BCUT2D eigenvalue weighted by molar-refractivity contribution is 0.0900. The first-order chi connectivity index (χ1) is 10.7. The van der Waals surface area contributed by atoms with Crippen molar-refractivity contribution in [2.24, 2.45) is 0 Å². The quantitative estimate of drug-likeness (QED) is 0.852. The number of amides is 1. The summed E-state index contributed by atoms with van der Waals surface area (Å²) in [4.78, 5) is 17.1. The van der Waals surface area contributed by atoms with E-state index in [1.807, 2.05) is 38.1 Å². The number of aromatic nitrogens is 1. The van der Waals surface area contributed by atoms with Crippen molar-refractivity contribution >= 4 is 17.2 Å². The van der Waals surface area contributed by atoms with Crippen LogP contribution in [0.3, 0.4) is 0 Å². The molecule has 0 bridgehead atoms. The molecule has 0 saturated carbocycles. The maximum Gasteiger partial charge on any atom is 0.263 e. The summed E-state index contributed by atoms with van der Waals surface area (Å²) < 4.78 is 10.7. The van der Waals surface area contributed by atoms with Gasteiger partial charge in [-0.05, 0) is 31.5 Å². The van der Waals surface area contributed by atoms with E-state index in [0.717, 1.165) is 17.0 Å². The summed E-state index contributed by atoms with van der Waals surface area (Å²) >= 11 is 1.34. The normalized spacial score (nSPS) is 12.0. The number of hydrogen-bond acceptors (Lipinski definition) is 5. The Hall–Kier alpha value is -1.92. The van der Waals surface area contributed by atoms with Crippen molar-refractivity contribution in [1.29, 1.82) is 0 Å². The third-order valence-electron chi connectivity index (χ3n) is 3.18. The lowest BCUT2D eigenvalue weighted by Gasteiger charge is -2.18. The van der Waals surface area contributed by atoms with Crippen LogP contribution in [0.25, 0.3) is 0 Å². The molecular formula is C16H20N2O3S. The zero-order valence-electron chi connectivity index (χ0n) is 13.0. The second-order valence-electron chi connectivity index (χ2n) is 4.75. The Morgan fingerprint density at radius 2 is 2.09 bits per heavy atom. The van der Waals surface area contributed by atoms with Crippen LogP contribution in [0.2, 0.25) is 0 Å². The van der Waals surface area contributed by atoms with E-state index in [1.54, 1.807) is 12.6 Å². The molecule has 0 aliphatic heterocycles. The number of carbonyl (C=O) groups is 1. The molecule has 1 N–H and O–H groups in total. The molecular weight excluding hydrogens is 300 g/mol. The van der Waals surface area contributed by atoms with Crippen molar-refractivity contribution in [3.63, 3.8) is 0 Å². The van der Waals surface area contributed by atoms with Crippen LogP contribution in [0, 0.1) is 6.92 Å². The van der Waals surface area contributed by atoms with Crippen LogP contribution in [-0.2, 0) is 4.74 Å². The fourth-order valence-corrected chi connectivity index (χ4v) is 2.80. The predicted molar refractivity (Wildman–Crippen MR) is 86.5 cm³/mol. The molecule has 1 aromatic heterocycles. The number of thiazole rings is 1. The Morgan fingerprint density at radius 1 is 1.36 bits per heavy atom. The van der Waals surface area contributed by atoms with Gasteiger partial charge in [-0.15, -0.1) is 11.3 Å². The van der Waals surface area contributed by atoms with Gasteiger partial charge in [0.1, 0.15) is 10.6 Å². The zero-order valence-corrected chi connectivity index (χ0v) is 13.8. The first kappa shape index (κ1) is 16.5. The molecule has 0 aliphatic carbocycles. The average Bonchev–Trinajstić information content (AvgIpc) is 2.94. The summed E-state index contributed by atoms with van der Waals surface area (Å²) in [6, 6.07) is 7.45. The maximum absolute atomic E-state index is 12.3. The molecule has 0 spiro atoms. The van der Waals surface area contributed by atoms with Gasteiger partial charge in [0.2, 0.25) is 0 Å². The summed E-state index contributed by atoms with van der Waals surface area (Å²) in [5.41, 5.74) is 3.39. The van der Waals surface area contributed by atoms with Gasteiger partial charge in [0.25, 0.3) is 5.91 Å². The summed E-state index contributed by atoms with van der Waals surface area (Å²) in [5.74, 6) is 0.683. The van der Waals surface area contributed by atoms with E-state index < -0.39 is 0 Å². The predicted octanol–water partition coefficient (Wildman–Crippen LogP) is 2.97. The highest BCUT2D eigenvalue weighted by Gasteiger charge is 2.18. The SMILES string of the molecule is CCOc1ccc([C@H](COC)NC(=O)c2scnc2C)cc1. The van der Waals surface area contributed by atoms with Gasteiger partial charge in [-0.3, -0.25) is 4.79 Å². The van der Waals surface area contributed by atoms with Gasteiger partial charge in [0.05, 0.1) is 30.5 Å². The van der Waals surface area contributed by atoms with Crippen LogP contribution in [0.15, 0.2) is 29.8 Å². The van der Waals surface area contributed by atoms with Crippen LogP contribution in [0.5, 0.6) is 5.75 Å². The number of aryl methyl sites for hydroxylation is 1. The molecule has 0 fully saturated rings. The first-order valence-electron chi connectivity index (χ1n) is 7.08. The molecule has 0 saturated heterocycles. The van der Waals surface area contributed by atoms with Gasteiger partial charge < -0.3 is 14.8 Å². The van der Waals surface area contributed by atoms with Crippen molar-refractivity contribution in [2.45, 2.75) is 19.9 Å². The van der Waals surface area contributed by atoms with Gasteiger partial charge >= 0.3 is 0 Å². The average molecular weight is 320 g/mol. The standard InChI is InChI=1S/C16H20N2O3S/c1-4-21-13-7-5-12(6-8-13)14(9-20-3)18-16(19)15-11(2)17-10-22-15/h5-8,10,14H,4,9H2,1-3H3,(H,18,19)/t14-/m0/s1. The highest BCUT2D eigenvalue weighted by Crippen LogP contribution is 2.20. The Balaban J connectivity index is 2.12. The number of benzene rings is 1. The van der Waals surface area contributed by atoms with Crippen molar-refractivity contribution in [3.05, 3.63) is 45.9 Å². The molecule has 6 heteroatoms. The number of ether oxygens (including phenoxy) is 2. The molecule has 1 atom stereocenters. The summed E-state index contributed by atoms with van der Waals surface area (Å²) in [7, 11) is 1.62. The number of nitrogens with one attached hydrogen (secondary N) is 1. The summed E-state index contributed by atoms with van der Waals surface area (Å²) in [6.45, 7) is 4.80. The Kier molecular flexibility index (Phi) is 5.91. The van der Waals surface area contributed by atoms with E-state index in [1.165, 1.54) is 11.3 Å². The molecule has 1 amide bonds. The molecule has 0 aliphatic rings. The van der Waals surface area contributed by atoms with Crippen LogP contribution < -0.4 is 10.1 Å². The van der Waals surface area contributed by atoms with Crippen molar-refractivity contribution in [2.75, 3.05) is 20.3 Å². The molecule has 2 aromatic rings. The van der Waals surface area contributed by atoms with E-state index in [4.69, 9.17) is 9.47 Å². The minimum atomic E-state index is -0.213. The topological polar surface area (TPSA) is 60.5 Å². The van der Waals surface area contributed by atoms with E-state index in [9.17, 15) is 4.79 Å². The highest BCUT2D eigenvalue weighted by molar-refractivity contribution is 7.11. The van der Waals surface area contributed by atoms with E-state index in [0.29, 0.717) is 18.1 Å². The molecule has 5 nitrogen and oxygen atoms in total. The van der Waals surface area contributed by atoms with E-state index in [-0.39, 0.29) is 11.9 Å².